The van der Waals surface area contributed by atoms with Crippen molar-refractivity contribution >= 4 is 27.3 Å². The predicted molar refractivity (Wildman–Crippen MR) is 125 cm³/mol. The van der Waals surface area contributed by atoms with Crippen LogP contribution in [0.1, 0.15) is 23.1 Å². The molecule has 0 saturated carbocycles. The number of carbonyl (C=O) groups is 1. The van der Waals surface area contributed by atoms with Crippen LogP contribution in [0.5, 0.6) is 0 Å². The summed E-state index contributed by atoms with van der Waals surface area (Å²) in [4.78, 5) is 17.2. The van der Waals surface area contributed by atoms with E-state index in [9.17, 15) is 13.2 Å². The molecule has 8 heteroatoms. The van der Waals surface area contributed by atoms with Crippen LogP contribution in [-0.4, -0.2) is 59.0 Å². The number of nitrogens with zero attached hydrogens (tertiary/aromatic N) is 2. The van der Waals surface area contributed by atoms with E-state index < -0.39 is 10.0 Å². The lowest BCUT2D eigenvalue weighted by atomic mass is 10.1. The number of amides is 1. The minimum absolute atomic E-state index is 0.0415. The predicted octanol–water partition coefficient (Wildman–Crippen LogP) is 2.67. The van der Waals surface area contributed by atoms with Crippen molar-refractivity contribution in [2.24, 2.45) is 0 Å². The molecule has 2 N–H and O–H groups in total. The lowest BCUT2D eigenvalue weighted by molar-refractivity contribution is -0.116. The van der Waals surface area contributed by atoms with Gasteiger partial charge in [-0.1, -0.05) is 17.7 Å². The van der Waals surface area contributed by atoms with Gasteiger partial charge in [0.1, 0.15) is 0 Å². The molecule has 2 aromatic rings. The summed E-state index contributed by atoms with van der Waals surface area (Å²) in [5.74, 6) is -0.227. The molecule has 7 nitrogen and oxygen atoms in total. The van der Waals surface area contributed by atoms with Crippen LogP contribution in [0.25, 0.3) is 0 Å². The van der Waals surface area contributed by atoms with Crippen LogP contribution in [-0.2, 0) is 14.8 Å². The van der Waals surface area contributed by atoms with E-state index in [4.69, 9.17) is 0 Å². The Balaban J connectivity index is 1.53. The maximum Gasteiger partial charge on any atom is 0.240 e. The summed E-state index contributed by atoms with van der Waals surface area (Å²) in [7, 11) is -1.51. The Morgan fingerprint density at radius 3 is 2.32 bits per heavy atom. The fourth-order valence-electron chi connectivity index (χ4n) is 3.84. The summed E-state index contributed by atoms with van der Waals surface area (Å²) in [6.45, 7) is 9.82. The van der Waals surface area contributed by atoms with Crippen LogP contribution in [0.3, 0.4) is 0 Å². The number of likely N-dealkylation sites (N-methyl/N-ethyl adjacent to an activating group) is 1. The molecule has 168 valence electrons. The van der Waals surface area contributed by atoms with Crippen LogP contribution >= 0.6 is 0 Å². The Bertz CT molecular complexity index is 1040. The number of anilines is 2. The Labute approximate surface area is 185 Å². The highest BCUT2D eigenvalue weighted by Gasteiger charge is 2.18. The van der Waals surface area contributed by atoms with Crippen molar-refractivity contribution in [3.05, 3.63) is 53.1 Å². The first kappa shape index (κ1) is 23.2. The normalized spacial score (nSPS) is 15.2. The number of nitrogens with one attached hydrogen (secondary N) is 2. The summed E-state index contributed by atoms with van der Waals surface area (Å²) in [5, 5.41) is 2.86. The first-order chi connectivity index (χ1) is 14.7. The van der Waals surface area contributed by atoms with Crippen LogP contribution in [0.2, 0.25) is 0 Å². The topological polar surface area (TPSA) is 81.7 Å². The molecule has 0 aromatic heterocycles. The van der Waals surface area contributed by atoms with Gasteiger partial charge in [-0.15, -0.1) is 0 Å². The minimum Gasteiger partial charge on any atom is -0.369 e. The molecule has 1 saturated heterocycles. The SMILES string of the molecule is Cc1ccc(S(=O)(=O)NCCC(=O)Nc2ccc(N3CCN(C)CC3)c(C)c2)c(C)c1. The number of piperazine rings is 1. The molecular formula is C23H32N4O3S. The van der Waals surface area contributed by atoms with Gasteiger partial charge >= 0.3 is 0 Å². The number of hydrogen-bond donors (Lipinski definition) is 2. The van der Waals surface area contributed by atoms with Crippen molar-refractivity contribution in [1.82, 2.24) is 9.62 Å². The summed E-state index contributed by atoms with van der Waals surface area (Å²) < 4.78 is 27.5. The lowest BCUT2D eigenvalue weighted by Crippen LogP contribution is -2.44. The summed E-state index contributed by atoms with van der Waals surface area (Å²) >= 11 is 0. The standard InChI is InChI=1S/C23H32N4O3S/c1-17-5-8-22(19(3)15-17)31(29,30)24-10-9-23(28)25-20-6-7-21(18(2)16-20)27-13-11-26(4)12-14-27/h5-8,15-16,24H,9-14H2,1-4H3,(H,25,28). The van der Waals surface area contributed by atoms with Gasteiger partial charge in [0.15, 0.2) is 0 Å². The molecule has 1 amide bonds. The molecule has 1 aliphatic heterocycles. The van der Waals surface area contributed by atoms with Gasteiger partial charge in [-0.25, -0.2) is 13.1 Å². The lowest BCUT2D eigenvalue weighted by Gasteiger charge is -2.35. The first-order valence-corrected chi connectivity index (χ1v) is 12.0. The number of carbonyl (C=O) groups excluding carboxylic acids is 1. The van der Waals surface area contributed by atoms with Gasteiger partial charge in [0.2, 0.25) is 15.9 Å². The monoisotopic (exact) mass is 444 g/mol. The molecule has 0 spiro atoms. The third kappa shape index (κ3) is 6.06. The van der Waals surface area contributed by atoms with Crippen molar-refractivity contribution < 1.29 is 13.2 Å². The zero-order chi connectivity index (χ0) is 22.6. The largest absolute Gasteiger partial charge is 0.369 e. The van der Waals surface area contributed by atoms with Crippen molar-refractivity contribution in [1.29, 1.82) is 0 Å². The van der Waals surface area contributed by atoms with Crippen LogP contribution in [0.15, 0.2) is 41.3 Å². The van der Waals surface area contributed by atoms with Gasteiger partial charge in [0.05, 0.1) is 4.90 Å². The summed E-state index contributed by atoms with van der Waals surface area (Å²) in [6, 6.07) is 11.1. The maximum absolute atomic E-state index is 12.5. The van der Waals surface area contributed by atoms with Gasteiger partial charge in [0.25, 0.3) is 0 Å². The summed E-state index contributed by atoms with van der Waals surface area (Å²) in [5.41, 5.74) is 4.71. The second kappa shape index (κ2) is 9.80. The third-order valence-corrected chi connectivity index (χ3v) is 7.21. The van der Waals surface area contributed by atoms with E-state index in [1.165, 1.54) is 5.69 Å². The van der Waals surface area contributed by atoms with Crippen molar-refractivity contribution in [2.45, 2.75) is 32.1 Å². The van der Waals surface area contributed by atoms with Crippen molar-refractivity contribution in [3.63, 3.8) is 0 Å². The van der Waals surface area contributed by atoms with Gasteiger partial charge in [-0.3, -0.25) is 4.79 Å². The molecule has 1 fully saturated rings. The maximum atomic E-state index is 12.5. The Kier molecular flexibility index (Phi) is 7.35. The number of hydrogen-bond acceptors (Lipinski definition) is 5. The van der Waals surface area contributed by atoms with Crippen molar-refractivity contribution in [2.75, 3.05) is 50.0 Å². The molecule has 31 heavy (non-hydrogen) atoms. The van der Waals surface area contributed by atoms with Crippen molar-refractivity contribution in [3.8, 4) is 0 Å². The molecule has 2 aromatic carbocycles. The minimum atomic E-state index is -3.64. The number of aryl methyl sites for hydroxylation is 3. The fraction of sp³-hybridized carbons (Fsp3) is 0.435. The van der Waals surface area contributed by atoms with Gasteiger partial charge in [-0.05, 0) is 63.2 Å². The quantitative estimate of drug-likeness (QED) is 0.686. The molecular weight excluding hydrogens is 412 g/mol. The molecule has 0 radical (unpaired) electrons. The van der Waals surface area contributed by atoms with E-state index in [1.807, 2.05) is 38.1 Å². The Hall–Kier alpha value is -2.42. The highest BCUT2D eigenvalue weighted by atomic mass is 32.2. The molecule has 0 unspecified atom stereocenters. The Morgan fingerprint density at radius 2 is 1.68 bits per heavy atom. The molecule has 1 heterocycles. The first-order valence-electron chi connectivity index (χ1n) is 10.6. The van der Waals surface area contributed by atoms with E-state index >= 15 is 0 Å². The number of rotatable bonds is 7. The van der Waals surface area contributed by atoms with Gasteiger partial charge < -0.3 is 15.1 Å². The van der Waals surface area contributed by atoms with E-state index in [0.29, 0.717) is 5.56 Å². The zero-order valence-electron chi connectivity index (χ0n) is 18.7. The molecule has 0 bridgehead atoms. The van der Waals surface area contributed by atoms with Gasteiger partial charge in [0, 0.05) is 50.5 Å². The second-order valence-electron chi connectivity index (χ2n) is 8.26. The second-order valence-corrected chi connectivity index (χ2v) is 9.99. The number of benzene rings is 2. The van der Waals surface area contributed by atoms with Gasteiger partial charge in [-0.2, -0.15) is 0 Å². The van der Waals surface area contributed by atoms with Crippen LogP contribution in [0, 0.1) is 20.8 Å². The highest BCUT2D eigenvalue weighted by molar-refractivity contribution is 7.89. The third-order valence-electron chi connectivity index (χ3n) is 5.59. The molecule has 1 aliphatic rings. The van der Waals surface area contributed by atoms with E-state index in [-0.39, 0.29) is 23.8 Å². The molecule has 3 rings (SSSR count). The molecule has 0 atom stereocenters. The van der Waals surface area contributed by atoms with E-state index in [1.54, 1.807) is 19.1 Å². The molecule has 0 aliphatic carbocycles. The van der Waals surface area contributed by atoms with E-state index in [0.717, 1.165) is 43.0 Å². The van der Waals surface area contributed by atoms with E-state index in [2.05, 4.69) is 26.9 Å². The highest BCUT2D eigenvalue weighted by Crippen LogP contribution is 2.24. The van der Waals surface area contributed by atoms with Crippen LogP contribution in [0.4, 0.5) is 11.4 Å². The Morgan fingerprint density at radius 1 is 0.968 bits per heavy atom. The summed E-state index contributed by atoms with van der Waals surface area (Å²) in [6.07, 6.45) is 0.0589. The average molecular weight is 445 g/mol. The van der Waals surface area contributed by atoms with Crippen LogP contribution < -0.4 is 14.9 Å². The average Bonchev–Trinajstić information content (AvgIpc) is 2.68. The number of sulfonamides is 1. The zero-order valence-corrected chi connectivity index (χ0v) is 19.6. The smallest absolute Gasteiger partial charge is 0.240 e. The fourth-order valence-corrected chi connectivity index (χ4v) is 5.09.